The molecule has 0 aliphatic carbocycles. The Morgan fingerprint density at radius 1 is 1.30 bits per heavy atom. The number of carboxylic acids is 1. The van der Waals surface area contributed by atoms with Crippen molar-refractivity contribution in [2.75, 3.05) is 14.2 Å². The number of hydrogen-bond donors (Lipinski definition) is 2. The summed E-state index contributed by atoms with van der Waals surface area (Å²) in [6, 6.07) is 8.11. The lowest BCUT2D eigenvalue weighted by molar-refractivity contribution is 0.0696. The third kappa shape index (κ3) is 3.57. The first-order valence-electron chi connectivity index (χ1n) is 6.79. The van der Waals surface area contributed by atoms with E-state index in [0.29, 0.717) is 5.75 Å². The molecule has 2 aromatic rings. The summed E-state index contributed by atoms with van der Waals surface area (Å²) < 4.78 is 6.32. The Labute approximate surface area is 132 Å². The maximum atomic E-state index is 12.4. The predicted octanol–water partition coefficient (Wildman–Crippen LogP) is 0.963. The zero-order valence-electron chi connectivity index (χ0n) is 12.7. The van der Waals surface area contributed by atoms with Gasteiger partial charge in [-0.1, -0.05) is 12.1 Å². The summed E-state index contributed by atoms with van der Waals surface area (Å²) in [6.45, 7) is 0.126. The van der Waals surface area contributed by atoms with Crippen LogP contribution in [0.3, 0.4) is 0 Å². The fourth-order valence-electron chi connectivity index (χ4n) is 2.13. The number of carboxylic acid groups (broad SMARTS) is 1. The molecule has 0 saturated heterocycles. The number of amides is 1. The normalized spacial score (nSPS) is 10.2. The second-order valence-corrected chi connectivity index (χ2v) is 4.81. The highest BCUT2D eigenvalue weighted by Gasteiger charge is 2.16. The molecule has 0 fully saturated rings. The molecule has 2 rings (SSSR count). The van der Waals surface area contributed by atoms with Crippen molar-refractivity contribution in [2.24, 2.45) is 0 Å². The van der Waals surface area contributed by atoms with Crippen LogP contribution in [0.2, 0.25) is 0 Å². The largest absolute Gasteiger partial charge is 0.497 e. The molecule has 0 spiro atoms. The third-order valence-corrected chi connectivity index (χ3v) is 3.29. The van der Waals surface area contributed by atoms with E-state index >= 15 is 0 Å². The number of nitrogens with one attached hydrogen (secondary N) is 1. The van der Waals surface area contributed by atoms with Crippen molar-refractivity contribution in [3.8, 4) is 5.75 Å². The molecule has 1 aromatic carbocycles. The van der Waals surface area contributed by atoms with Gasteiger partial charge in [0.1, 0.15) is 11.3 Å². The van der Waals surface area contributed by atoms with Gasteiger partial charge in [0, 0.05) is 13.2 Å². The maximum Gasteiger partial charge on any atom is 0.337 e. The summed E-state index contributed by atoms with van der Waals surface area (Å²) in [5.41, 5.74) is -0.157. The lowest BCUT2D eigenvalue weighted by Gasteiger charge is -2.10. The average Bonchev–Trinajstić information content (AvgIpc) is 2.56. The SMILES string of the molecule is CNC(=O)c1cc(C(=O)O)cn(Cc2cccc(OC)c2)c1=O. The van der Waals surface area contributed by atoms with Crippen molar-refractivity contribution >= 4 is 11.9 Å². The van der Waals surface area contributed by atoms with Gasteiger partial charge in [0.2, 0.25) is 0 Å². The summed E-state index contributed by atoms with van der Waals surface area (Å²) in [6.07, 6.45) is 1.22. The maximum absolute atomic E-state index is 12.4. The van der Waals surface area contributed by atoms with Gasteiger partial charge in [0.15, 0.2) is 0 Å². The molecule has 1 aromatic heterocycles. The molecule has 0 radical (unpaired) electrons. The van der Waals surface area contributed by atoms with E-state index in [0.717, 1.165) is 11.6 Å². The quantitative estimate of drug-likeness (QED) is 0.856. The number of methoxy groups -OCH3 is 1. The molecule has 23 heavy (non-hydrogen) atoms. The Morgan fingerprint density at radius 3 is 2.65 bits per heavy atom. The zero-order valence-corrected chi connectivity index (χ0v) is 12.7. The van der Waals surface area contributed by atoms with E-state index in [1.807, 2.05) is 0 Å². The van der Waals surface area contributed by atoms with Crippen molar-refractivity contribution in [2.45, 2.75) is 6.54 Å². The van der Waals surface area contributed by atoms with Gasteiger partial charge in [-0.2, -0.15) is 0 Å². The van der Waals surface area contributed by atoms with Crippen LogP contribution in [0.5, 0.6) is 5.75 Å². The van der Waals surface area contributed by atoms with Gasteiger partial charge < -0.3 is 19.7 Å². The van der Waals surface area contributed by atoms with Gasteiger partial charge in [-0.25, -0.2) is 4.79 Å². The van der Waals surface area contributed by atoms with Crippen LogP contribution in [0, 0.1) is 0 Å². The number of carbonyl (C=O) groups excluding carboxylic acids is 1. The minimum absolute atomic E-state index is 0.126. The predicted molar refractivity (Wildman–Crippen MR) is 83.1 cm³/mol. The Morgan fingerprint density at radius 2 is 2.04 bits per heavy atom. The number of carbonyl (C=O) groups is 2. The molecule has 0 bridgehead atoms. The van der Waals surface area contributed by atoms with E-state index in [9.17, 15) is 14.4 Å². The molecule has 1 heterocycles. The molecular formula is C16H16N2O5. The van der Waals surface area contributed by atoms with Crippen LogP contribution in [-0.4, -0.2) is 35.7 Å². The van der Waals surface area contributed by atoms with Crippen LogP contribution >= 0.6 is 0 Å². The molecule has 1 amide bonds. The van der Waals surface area contributed by atoms with Crippen molar-refractivity contribution in [1.29, 1.82) is 0 Å². The first kappa shape index (κ1) is 16.3. The summed E-state index contributed by atoms with van der Waals surface area (Å²) in [4.78, 5) is 35.4. The monoisotopic (exact) mass is 316 g/mol. The minimum Gasteiger partial charge on any atom is -0.497 e. The molecule has 7 nitrogen and oxygen atoms in total. The molecule has 0 aliphatic rings. The number of pyridine rings is 1. The van der Waals surface area contributed by atoms with Gasteiger partial charge in [-0.3, -0.25) is 9.59 Å². The molecule has 0 aliphatic heterocycles. The third-order valence-electron chi connectivity index (χ3n) is 3.29. The van der Waals surface area contributed by atoms with E-state index in [-0.39, 0.29) is 17.7 Å². The highest BCUT2D eigenvalue weighted by molar-refractivity contribution is 5.96. The number of rotatable bonds is 5. The smallest absolute Gasteiger partial charge is 0.337 e. The Kier molecular flexibility index (Phi) is 4.80. The van der Waals surface area contributed by atoms with E-state index in [1.165, 1.54) is 24.9 Å². The Bertz CT molecular complexity index is 810. The fraction of sp³-hybridized carbons (Fsp3) is 0.188. The van der Waals surface area contributed by atoms with E-state index in [2.05, 4.69) is 5.32 Å². The summed E-state index contributed by atoms with van der Waals surface area (Å²) in [5, 5.41) is 11.5. The number of hydrogen-bond acceptors (Lipinski definition) is 4. The van der Waals surface area contributed by atoms with Crippen molar-refractivity contribution < 1.29 is 19.4 Å². The zero-order chi connectivity index (χ0) is 17.0. The van der Waals surface area contributed by atoms with Gasteiger partial charge in [0.25, 0.3) is 11.5 Å². The average molecular weight is 316 g/mol. The van der Waals surface area contributed by atoms with Crippen LogP contribution in [0.1, 0.15) is 26.3 Å². The summed E-state index contributed by atoms with van der Waals surface area (Å²) in [7, 11) is 2.90. The number of ether oxygens (including phenoxy) is 1. The van der Waals surface area contributed by atoms with Crippen LogP contribution < -0.4 is 15.6 Å². The van der Waals surface area contributed by atoms with Gasteiger partial charge in [-0.05, 0) is 23.8 Å². The first-order chi connectivity index (χ1) is 11.0. The van der Waals surface area contributed by atoms with Crippen LogP contribution in [0.4, 0.5) is 0 Å². The first-order valence-corrected chi connectivity index (χ1v) is 6.79. The fourth-order valence-corrected chi connectivity index (χ4v) is 2.13. The molecule has 2 N–H and O–H groups in total. The minimum atomic E-state index is -1.21. The van der Waals surface area contributed by atoms with Gasteiger partial charge in [0.05, 0.1) is 19.2 Å². The van der Waals surface area contributed by atoms with Gasteiger partial charge >= 0.3 is 5.97 Å². The summed E-state index contributed by atoms with van der Waals surface area (Å²) in [5.74, 6) is -1.22. The number of benzene rings is 1. The number of aromatic carboxylic acids is 1. The van der Waals surface area contributed by atoms with Crippen LogP contribution in [-0.2, 0) is 6.54 Å². The molecule has 120 valence electrons. The number of aromatic nitrogens is 1. The van der Waals surface area contributed by atoms with E-state index < -0.39 is 17.4 Å². The standard InChI is InChI=1S/C16H16N2O5/c1-17-14(19)13-7-11(16(21)22)9-18(15(13)20)8-10-4-3-5-12(6-10)23-2/h3-7,9H,8H2,1-2H3,(H,17,19)(H,21,22). The molecule has 0 atom stereocenters. The molecule has 7 heteroatoms. The molecule has 0 unspecified atom stereocenters. The van der Waals surface area contributed by atoms with E-state index in [1.54, 1.807) is 24.3 Å². The summed E-state index contributed by atoms with van der Waals surface area (Å²) >= 11 is 0. The van der Waals surface area contributed by atoms with E-state index in [4.69, 9.17) is 9.84 Å². The lowest BCUT2D eigenvalue weighted by atomic mass is 10.1. The molecule has 0 saturated carbocycles. The highest BCUT2D eigenvalue weighted by Crippen LogP contribution is 2.13. The molecular weight excluding hydrogens is 300 g/mol. The topological polar surface area (TPSA) is 97.6 Å². The van der Waals surface area contributed by atoms with Crippen molar-refractivity contribution in [3.05, 3.63) is 63.6 Å². The highest BCUT2D eigenvalue weighted by atomic mass is 16.5. The van der Waals surface area contributed by atoms with Crippen LogP contribution in [0.25, 0.3) is 0 Å². The Balaban J connectivity index is 2.52. The Hall–Kier alpha value is -3.09. The second kappa shape index (κ2) is 6.78. The van der Waals surface area contributed by atoms with Gasteiger partial charge in [-0.15, -0.1) is 0 Å². The lowest BCUT2D eigenvalue weighted by Crippen LogP contribution is -2.32. The van der Waals surface area contributed by atoms with Crippen molar-refractivity contribution in [1.82, 2.24) is 9.88 Å². The van der Waals surface area contributed by atoms with Crippen molar-refractivity contribution in [3.63, 3.8) is 0 Å². The second-order valence-electron chi connectivity index (χ2n) is 4.81. The number of nitrogens with zero attached hydrogens (tertiary/aromatic N) is 1. The van der Waals surface area contributed by atoms with Crippen LogP contribution in [0.15, 0.2) is 41.3 Å².